The van der Waals surface area contributed by atoms with Gasteiger partial charge in [0.25, 0.3) is 0 Å². The van der Waals surface area contributed by atoms with Gasteiger partial charge >= 0.3 is 0 Å². The summed E-state index contributed by atoms with van der Waals surface area (Å²) in [6, 6.07) is 16.6. The molecule has 0 atom stereocenters. The lowest BCUT2D eigenvalue weighted by molar-refractivity contribution is 0.102. The molecule has 0 saturated heterocycles. The highest BCUT2D eigenvalue weighted by molar-refractivity contribution is 7.99. The Bertz CT molecular complexity index is 903. The second kappa shape index (κ2) is 7.33. The number of phenols is 1. The number of aromatic nitrogens is 3. The second-order valence-electron chi connectivity index (χ2n) is 6.45. The molecule has 1 saturated carbocycles. The monoisotopic (exact) mass is 365 g/mol. The van der Waals surface area contributed by atoms with E-state index in [1.165, 1.54) is 29.5 Å². The second-order valence-corrected chi connectivity index (χ2v) is 7.39. The summed E-state index contributed by atoms with van der Waals surface area (Å²) < 4.78 is 2.14. The Hall–Kier alpha value is -2.60. The van der Waals surface area contributed by atoms with Gasteiger partial charge in [-0.05, 0) is 42.7 Å². The van der Waals surface area contributed by atoms with Crippen molar-refractivity contribution in [2.24, 2.45) is 0 Å². The fourth-order valence-electron chi connectivity index (χ4n) is 2.83. The Balaban J connectivity index is 1.51. The van der Waals surface area contributed by atoms with Crippen molar-refractivity contribution in [3.05, 3.63) is 71.5 Å². The van der Waals surface area contributed by atoms with Crippen LogP contribution in [0.15, 0.2) is 59.8 Å². The van der Waals surface area contributed by atoms with Crippen molar-refractivity contribution in [3.8, 4) is 5.75 Å². The molecule has 1 N–H and O–H groups in total. The van der Waals surface area contributed by atoms with Crippen molar-refractivity contribution < 1.29 is 9.90 Å². The molecule has 1 heterocycles. The van der Waals surface area contributed by atoms with Crippen LogP contribution in [0.4, 0.5) is 0 Å². The van der Waals surface area contributed by atoms with Crippen molar-refractivity contribution in [1.82, 2.24) is 14.8 Å². The number of hydrogen-bond acceptors (Lipinski definition) is 5. The van der Waals surface area contributed by atoms with Gasteiger partial charge in [-0.25, -0.2) is 0 Å². The van der Waals surface area contributed by atoms with Crippen molar-refractivity contribution >= 4 is 17.5 Å². The van der Waals surface area contributed by atoms with Gasteiger partial charge in [0.2, 0.25) is 0 Å². The summed E-state index contributed by atoms with van der Waals surface area (Å²) in [7, 11) is 0. The fraction of sp³-hybridized carbons (Fsp3) is 0.250. The number of hydrogen-bond donors (Lipinski definition) is 1. The molecule has 1 aromatic heterocycles. The summed E-state index contributed by atoms with van der Waals surface area (Å²) in [6.45, 7) is 0.718. The Morgan fingerprint density at radius 2 is 1.81 bits per heavy atom. The topological polar surface area (TPSA) is 68.0 Å². The summed E-state index contributed by atoms with van der Waals surface area (Å²) in [4.78, 5) is 12.4. The number of Topliss-reactive ketones (excluding diaryl/α,β-unsaturated/α-hetero) is 1. The number of ketones is 1. The molecule has 3 aromatic rings. The molecule has 132 valence electrons. The highest BCUT2D eigenvalue weighted by Crippen LogP contribution is 2.40. The van der Waals surface area contributed by atoms with Gasteiger partial charge in [-0.1, -0.05) is 42.1 Å². The summed E-state index contributed by atoms with van der Waals surface area (Å²) in [5, 5.41) is 18.8. The van der Waals surface area contributed by atoms with Crippen molar-refractivity contribution in [1.29, 1.82) is 0 Å². The van der Waals surface area contributed by atoms with Crippen molar-refractivity contribution in [3.63, 3.8) is 0 Å². The number of thioether (sulfide) groups is 1. The number of nitrogens with zero attached hydrogens (tertiary/aromatic N) is 3. The third-order valence-corrected chi connectivity index (χ3v) is 5.36. The molecule has 5 nitrogen and oxygen atoms in total. The maximum absolute atomic E-state index is 12.4. The molecule has 26 heavy (non-hydrogen) atoms. The number of carbonyl (C=O) groups excluding carboxylic acids is 1. The predicted octanol–water partition coefficient (Wildman–Crippen LogP) is 3.88. The summed E-state index contributed by atoms with van der Waals surface area (Å²) in [5.41, 5.74) is 1.78. The maximum Gasteiger partial charge on any atom is 0.191 e. The third-order valence-electron chi connectivity index (χ3n) is 4.39. The first kappa shape index (κ1) is 16.8. The van der Waals surface area contributed by atoms with Gasteiger partial charge in [-0.2, -0.15) is 0 Å². The number of carbonyl (C=O) groups is 1. The average molecular weight is 365 g/mol. The molecule has 0 unspecified atom stereocenters. The fourth-order valence-corrected chi connectivity index (χ4v) is 3.67. The Kier molecular flexibility index (Phi) is 4.75. The zero-order valence-electron chi connectivity index (χ0n) is 14.2. The summed E-state index contributed by atoms with van der Waals surface area (Å²) >= 11 is 1.42. The minimum absolute atomic E-state index is 0.0113. The quantitative estimate of drug-likeness (QED) is 0.508. The first-order valence-corrected chi connectivity index (χ1v) is 9.61. The van der Waals surface area contributed by atoms with Gasteiger partial charge in [0.05, 0.1) is 12.3 Å². The highest BCUT2D eigenvalue weighted by Gasteiger charge is 2.30. The SMILES string of the molecule is O=C(CSc1nnc(C2CC2)n1Cc1ccccc1)c1ccc(O)cc1. The number of phenolic OH excluding ortho intramolecular Hbond substituents is 1. The Labute approximate surface area is 156 Å². The van der Waals surface area contributed by atoms with Gasteiger partial charge in [0.1, 0.15) is 11.6 Å². The zero-order valence-corrected chi connectivity index (χ0v) is 15.0. The third kappa shape index (κ3) is 3.80. The first-order chi connectivity index (χ1) is 12.7. The molecule has 6 heteroatoms. The minimum Gasteiger partial charge on any atom is -0.508 e. The van der Waals surface area contributed by atoms with Gasteiger partial charge in [0, 0.05) is 11.5 Å². The van der Waals surface area contributed by atoms with Gasteiger partial charge in [-0.3, -0.25) is 4.79 Å². The lowest BCUT2D eigenvalue weighted by Crippen LogP contribution is -2.08. The van der Waals surface area contributed by atoms with Gasteiger partial charge < -0.3 is 9.67 Å². The molecule has 1 aliphatic carbocycles. The van der Waals surface area contributed by atoms with Crippen LogP contribution in [-0.2, 0) is 6.54 Å². The van der Waals surface area contributed by atoms with Crippen LogP contribution in [0.2, 0.25) is 0 Å². The first-order valence-electron chi connectivity index (χ1n) is 8.63. The molecule has 4 rings (SSSR count). The van der Waals surface area contributed by atoms with Crippen LogP contribution in [0.5, 0.6) is 5.75 Å². The van der Waals surface area contributed by atoms with Crippen LogP contribution >= 0.6 is 11.8 Å². The number of aromatic hydroxyl groups is 1. The molecule has 2 aromatic carbocycles. The van der Waals surface area contributed by atoms with Crippen LogP contribution in [0.3, 0.4) is 0 Å². The van der Waals surface area contributed by atoms with Crippen LogP contribution in [0, 0.1) is 0 Å². The average Bonchev–Trinajstić information content (AvgIpc) is 3.43. The largest absolute Gasteiger partial charge is 0.508 e. The molecule has 1 fully saturated rings. The number of benzene rings is 2. The normalized spacial score (nSPS) is 13.7. The van der Waals surface area contributed by atoms with E-state index in [1.807, 2.05) is 18.2 Å². The van der Waals surface area contributed by atoms with Crippen LogP contribution in [0.25, 0.3) is 0 Å². The number of rotatable bonds is 7. The smallest absolute Gasteiger partial charge is 0.191 e. The van der Waals surface area contributed by atoms with E-state index in [9.17, 15) is 9.90 Å². The van der Waals surface area contributed by atoms with E-state index < -0.39 is 0 Å². The molecule has 0 amide bonds. The van der Waals surface area contributed by atoms with E-state index in [4.69, 9.17) is 0 Å². The summed E-state index contributed by atoms with van der Waals surface area (Å²) in [5.74, 6) is 1.98. The molecular formula is C20H19N3O2S. The van der Waals surface area contributed by atoms with Crippen LogP contribution < -0.4 is 0 Å². The molecular weight excluding hydrogens is 346 g/mol. The van der Waals surface area contributed by atoms with E-state index in [2.05, 4.69) is 26.9 Å². The van der Waals surface area contributed by atoms with Crippen molar-refractivity contribution in [2.45, 2.75) is 30.5 Å². The highest BCUT2D eigenvalue weighted by atomic mass is 32.2. The molecule has 0 aliphatic heterocycles. The molecule has 0 radical (unpaired) electrons. The predicted molar refractivity (Wildman–Crippen MR) is 101 cm³/mol. The van der Waals surface area contributed by atoms with E-state index in [0.29, 0.717) is 17.2 Å². The molecule has 1 aliphatic rings. The summed E-state index contributed by atoms with van der Waals surface area (Å²) in [6.07, 6.45) is 2.31. The van der Waals surface area contributed by atoms with E-state index in [0.717, 1.165) is 30.4 Å². The molecule has 0 bridgehead atoms. The van der Waals surface area contributed by atoms with Gasteiger partial charge in [0.15, 0.2) is 10.9 Å². The van der Waals surface area contributed by atoms with Gasteiger partial charge in [-0.15, -0.1) is 10.2 Å². The zero-order chi connectivity index (χ0) is 17.9. The van der Waals surface area contributed by atoms with Crippen LogP contribution in [0.1, 0.15) is 40.5 Å². The van der Waals surface area contributed by atoms with E-state index in [-0.39, 0.29) is 11.5 Å². The minimum atomic E-state index is 0.0113. The van der Waals surface area contributed by atoms with Crippen molar-refractivity contribution in [2.75, 3.05) is 5.75 Å². The standard InChI is InChI=1S/C20H19N3O2S/c24-17-10-8-15(9-11-17)18(25)13-26-20-22-21-19(16-6-7-16)23(20)12-14-4-2-1-3-5-14/h1-5,8-11,16,24H,6-7,12-13H2. The molecule has 0 spiro atoms. The lowest BCUT2D eigenvalue weighted by Gasteiger charge is -2.10. The Morgan fingerprint density at radius 1 is 1.08 bits per heavy atom. The Morgan fingerprint density at radius 3 is 2.50 bits per heavy atom. The maximum atomic E-state index is 12.4. The van der Waals surface area contributed by atoms with Crippen LogP contribution in [-0.4, -0.2) is 31.4 Å². The lowest BCUT2D eigenvalue weighted by atomic mass is 10.1. The van der Waals surface area contributed by atoms with E-state index >= 15 is 0 Å². The van der Waals surface area contributed by atoms with E-state index in [1.54, 1.807) is 12.1 Å².